The Bertz CT molecular complexity index is 474. The third-order valence-corrected chi connectivity index (χ3v) is 2.65. The van der Waals surface area contributed by atoms with Gasteiger partial charge in [0.25, 0.3) is 0 Å². The molecule has 2 rings (SSSR count). The summed E-state index contributed by atoms with van der Waals surface area (Å²) in [7, 11) is 0. The highest BCUT2D eigenvalue weighted by Crippen LogP contribution is 2.23. The van der Waals surface area contributed by atoms with E-state index in [1.165, 1.54) is 6.07 Å². The zero-order valence-corrected chi connectivity index (χ0v) is 8.83. The Labute approximate surface area is 88.5 Å². The molecule has 3 heteroatoms. The summed E-state index contributed by atoms with van der Waals surface area (Å²) in [5.41, 5.74) is 7.42. The average molecular weight is 206 g/mol. The molecule has 0 bridgehead atoms. The van der Waals surface area contributed by atoms with E-state index in [-0.39, 0.29) is 5.82 Å². The summed E-state index contributed by atoms with van der Waals surface area (Å²) < 4.78 is 15.6. The van der Waals surface area contributed by atoms with Crippen molar-refractivity contribution < 1.29 is 4.39 Å². The van der Waals surface area contributed by atoms with Crippen molar-refractivity contribution in [2.45, 2.75) is 19.9 Å². The van der Waals surface area contributed by atoms with E-state index in [2.05, 4.69) is 4.57 Å². The summed E-state index contributed by atoms with van der Waals surface area (Å²) in [6, 6.07) is 5.20. The molecule has 0 radical (unpaired) electrons. The molecule has 0 spiro atoms. The molecule has 0 unspecified atom stereocenters. The number of hydrogen-bond acceptors (Lipinski definition) is 1. The smallest absolute Gasteiger partial charge is 0.132 e. The number of aromatic nitrogens is 1. The number of hydrogen-bond donors (Lipinski definition) is 1. The van der Waals surface area contributed by atoms with Gasteiger partial charge in [0.2, 0.25) is 0 Å². The minimum atomic E-state index is -0.142. The Hall–Kier alpha value is -1.35. The van der Waals surface area contributed by atoms with Crippen LogP contribution in [0.1, 0.15) is 12.0 Å². The second-order valence-electron chi connectivity index (χ2n) is 3.78. The van der Waals surface area contributed by atoms with Crippen molar-refractivity contribution in [2.24, 2.45) is 5.73 Å². The second kappa shape index (κ2) is 4.03. The maximum Gasteiger partial charge on any atom is 0.132 e. The lowest BCUT2D eigenvalue weighted by atomic mass is 10.2. The van der Waals surface area contributed by atoms with Crippen molar-refractivity contribution in [2.75, 3.05) is 6.54 Å². The molecule has 0 amide bonds. The Morgan fingerprint density at radius 3 is 2.93 bits per heavy atom. The third-order valence-electron chi connectivity index (χ3n) is 2.65. The van der Waals surface area contributed by atoms with Crippen molar-refractivity contribution in [3.05, 3.63) is 35.8 Å². The van der Waals surface area contributed by atoms with Gasteiger partial charge in [-0.15, -0.1) is 0 Å². The fourth-order valence-electron chi connectivity index (χ4n) is 1.96. The predicted octanol–water partition coefficient (Wildman–Crippen LogP) is 2.44. The van der Waals surface area contributed by atoms with Gasteiger partial charge in [0.15, 0.2) is 0 Å². The predicted molar refractivity (Wildman–Crippen MR) is 60.3 cm³/mol. The first-order valence-electron chi connectivity index (χ1n) is 5.18. The lowest BCUT2D eigenvalue weighted by molar-refractivity contribution is 0.638. The Balaban J connectivity index is 2.53. The van der Waals surface area contributed by atoms with Crippen molar-refractivity contribution in [1.29, 1.82) is 0 Å². The van der Waals surface area contributed by atoms with Crippen LogP contribution in [-0.4, -0.2) is 11.1 Å². The summed E-state index contributed by atoms with van der Waals surface area (Å²) >= 11 is 0. The molecule has 0 saturated heterocycles. The SMILES string of the molecule is Cc1cn(CCCN)c2cccc(F)c12. The molecule has 0 aliphatic heterocycles. The maximum atomic E-state index is 13.5. The van der Waals surface area contributed by atoms with E-state index in [4.69, 9.17) is 5.73 Å². The van der Waals surface area contributed by atoms with Crippen LogP contribution in [0.2, 0.25) is 0 Å². The van der Waals surface area contributed by atoms with Gasteiger partial charge in [-0.05, 0) is 37.6 Å². The molecular formula is C12H15FN2. The van der Waals surface area contributed by atoms with Crippen LogP contribution in [0, 0.1) is 12.7 Å². The van der Waals surface area contributed by atoms with E-state index in [1.807, 2.05) is 19.2 Å². The molecule has 2 N–H and O–H groups in total. The van der Waals surface area contributed by atoms with E-state index in [0.717, 1.165) is 29.4 Å². The molecular weight excluding hydrogens is 191 g/mol. The number of aryl methyl sites for hydroxylation is 2. The lowest BCUT2D eigenvalue weighted by Crippen LogP contribution is -2.04. The highest BCUT2D eigenvalue weighted by atomic mass is 19.1. The zero-order chi connectivity index (χ0) is 10.8. The first-order valence-corrected chi connectivity index (χ1v) is 5.18. The summed E-state index contributed by atoms with van der Waals surface area (Å²) in [4.78, 5) is 0. The summed E-state index contributed by atoms with van der Waals surface area (Å²) in [5.74, 6) is -0.142. The molecule has 1 heterocycles. The van der Waals surface area contributed by atoms with E-state index in [9.17, 15) is 4.39 Å². The van der Waals surface area contributed by atoms with Crippen molar-refractivity contribution >= 4 is 10.9 Å². The molecule has 15 heavy (non-hydrogen) atoms. The minimum absolute atomic E-state index is 0.142. The van der Waals surface area contributed by atoms with Gasteiger partial charge in [0.1, 0.15) is 5.82 Å². The quantitative estimate of drug-likeness (QED) is 0.821. The largest absolute Gasteiger partial charge is 0.347 e. The Kier molecular flexibility index (Phi) is 2.73. The average Bonchev–Trinajstić information content (AvgIpc) is 2.54. The maximum absolute atomic E-state index is 13.5. The van der Waals surface area contributed by atoms with E-state index < -0.39 is 0 Å². The first-order chi connectivity index (χ1) is 7.24. The fraction of sp³-hybridized carbons (Fsp3) is 0.333. The first kappa shape index (κ1) is 10.2. The molecule has 2 nitrogen and oxygen atoms in total. The van der Waals surface area contributed by atoms with Gasteiger partial charge < -0.3 is 10.3 Å². The van der Waals surface area contributed by atoms with E-state index in [1.54, 1.807) is 6.07 Å². The molecule has 1 aromatic heterocycles. The third kappa shape index (κ3) is 1.75. The molecule has 80 valence electrons. The zero-order valence-electron chi connectivity index (χ0n) is 8.83. The van der Waals surface area contributed by atoms with Crippen molar-refractivity contribution in [1.82, 2.24) is 4.57 Å². The highest BCUT2D eigenvalue weighted by molar-refractivity contribution is 5.84. The number of benzene rings is 1. The van der Waals surface area contributed by atoms with Crippen LogP contribution in [0.3, 0.4) is 0 Å². The van der Waals surface area contributed by atoms with Gasteiger partial charge in [0.05, 0.1) is 5.52 Å². The van der Waals surface area contributed by atoms with Crippen LogP contribution in [0.4, 0.5) is 4.39 Å². The second-order valence-corrected chi connectivity index (χ2v) is 3.78. The number of halogens is 1. The fourth-order valence-corrected chi connectivity index (χ4v) is 1.96. The van der Waals surface area contributed by atoms with Gasteiger partial charge in [0, 0.05) is 18.1 Å². The van der Waals surface area contributed by atoms with Crippen molar-refractivity contribution in [3.63, 3.8) is 0 Å². The molecule has 0 atom stereocenters. The van der Waals surface area contributed by atoms with Gasteiger partial charge in [-0.1, -0.05) is 6.07 Å². The summed E-state index contributed by atoms with van der Waals surface area (Å²) in [6.45, 7) is 3.45. The lowest BCUT2D eigenvalue weighted by Gasteiger charge is -2.03. The van der Waals surface area contributed by atoms with E-state index in [0.29, 0.717) is 6.54 Å². The topological polar surface area (TPSA) is 30.9 Å². The van der Waals surface area contributed by atoms with Crippen molar-refractivity contribution in [3.8, 4) is 0 Å². The highest BCUT2D eigenvalue weighted by Gasteiger charge is 2.08. The van der Waals surface area contributed by atoms with Crippen LogP contribution in [-0.2, 0) is 6.54 Å². The Morgan fingerprint density at radius 2 is 2.20 bits per heavy atom. The van der Waals surface area contributed by atoms with Crippen LogP contribution in [0.5, 0.6) is 0 Å². The molecule has 0 saturated carbocycles. The molecule has 2 aromatic rings. The molecule has 0 fully saturated rings. The monoisotopic (exact) mass is 206 g/mol. The Morgan fingerprint density at radius 1 is 1.40 bits per heavy atom. The molecule has 1 aromatic carbocycles. The van der Waals surface area contributed by atoms with Crippen LogP contribution in [0.25, 0.3) is 10.9 Å². The van der Waals surface area contributed by atoms with Crippen LogP contribution in [0.15, 0.2) is 24.4 Å². The van der Waals surface area contributed by atoms with Gasteiger partial charge in [-0.3, -0.25) is 0 Å². The number of rotatable bonds is 3. The molecule has 0 aliphatic rings. The number of nitrogens with zero attached hydrogens (tertiary/aromatic N) is 1. The van der Waals surface area contributed by atoms with Gasteiger partial charge >= 0.3 is 0 Å². The van der Waals surface area contributed by atoms with E-state index >= 15 is 0 Å². The number of nitrogens with two attached hydrogens (primary N) is 1. The minimum Gasteiger partial charge on any atom is -0.347 e. The van der Waals surface area contributed by atoms with Crippen LogP contribution < -0.4 is 5.73 Å². The normalized spacial score (nSPS) is 11.1. The summed E-state index contributed by atoms with van der Waals surface area (Å²) in [6.07, 6.45) is 2.91. The van der Waals surface area contributed by atoms with Gasteiger partial charge in [-0.25, -0.2) is 4.39 Å². The summed E-state index contributed by atoms with van der Waals surface area (Å²) in [5, 5.41) is 0.731. The number of fused-ring (bicyclic) bond motifs is 1. The van der Waals surface area contributed by atoms with Crippen LogP contribution >= 0.6 is 0 Å². The van der Waals surface area contributed by atoms with Gasteiger partial charge in [-0.2, -0.15) is 0 Å². The molecule has 0 aliphatic carbocycles. The standard InChI is InChI=1S/C12H15FN2/c1-9-8-15(7-3-6-14)11-5-2-4-10(13)12(9)11/h2,4-5,8H,3,6-7,14H2,1H3.